The summed E-state index contributed by atoms with van der Waals surface area (Å²) in [6.07, 6.45) is 2.00. The van der Waals surface area contributed by atoms with Gasteiger partial charge < -0.3 is 19.9 Å². The van der Waals surface area contributed by atoms with Crippen LogP contribution in [0.25, 0.3) is 0 Å². The van der Waals surface area contributed by atoms with Crippen LogP contribution in [0.3, 0.4) is 0 Å². The summed E-state index contributed by atoms with van der Waals surface area (Å²) in [6, 6.07) is 3.88. The van der Waals surface area contributed by atoms with E-state index < -0.39 is 0 Å². The highest BCUT2D eigenvalue weighted by Gasteiger charge is 2.21. The summed E-state index contributed by atoms with van der Waals surface area (Å²) in [5.74, 6) is 2.09. The van der Waals surface area contributed by atoms with Crippen molar-refractivity contribution in [3.05, 3.63) is 17.7 Å². The molecule has 1 heterocycles. The van der Waals surface area contributed by atoms with E-state index in [2.05, 4.69) is 6.92 Å². The van der Waals surface area contributed by atoms with Crippen molar-refractivity contribution in [3.63, 3.8) is 0 Å². The number of fused-ring (bicyclic) bond motifs is 1. The van der Waals surface area contributed by atoms with Crippen molar-refractivity contribution >= 4 is 0 Å². The van der Waals surface area contributed by atoms with Crippen molar-refractivity contribution in [2.75, 3.05) is 13.9 Å². The zero-order valence-corrected chi connectivity index (χ0v) is 9.66. The number of methoxy groups -OCH3 is 1. The van der Waals surface area contributed by atoms with Gasteiger partial charge in [-0.1, -0.05) is 13.3 Å². The van der Waals surface area contributed by atoms with Crippen LogP contribution in [-0.2, 0) is 0 Å². The molecule has 88 valence electrons. The lowest BCUT2D eigenvalue weighted by Crippen LogP contribution is -2.09. The highest BCUT2D eigenvalue weighted by Crippen LogP contribution is 2.43. The fourth-order valence-corrected chi connectivity index (χ4v) is 1.84. The zero-order chi connectivity index (χ0) is 11.5. The van der Waals surface area contributed by atoms with Crippen molar-refractivity contribution in [1.82, 2.24) is 0 Å². The lowest BCUT2D eigenvalue weighted by atomic mass is 10.0. The molecule has 0 unspecified atom stereocenters. The van der Waals surface area contributed by atoms with Gasteiger partial charge in [-0.05, 0) is 24.1 Å². The quantitative estimate of drug-likeness (QED) is 0.850. The maximum absolute atomic E-state index is 6.07. The van der Waals surface area contributed by atoms with E-state index in [1.807, 2.05) is 12.1 Å². The van der Waals surface area contributed by atoms with Crippen molar-refractivity contribution in [1.29, 1.82) is 0 Å². The van der Waals surface area contributed by atoms with E-state index in [0.717, 1.165) is 24.2 Å². The number of hydrogen-bond acceptors (Lipinski definition) is 4. The normalized spacial score (nSPS) is 14.9. The molecule has 2 N–H and O–H groups in total. The van der Waals surface area contributed by atoms with Gasteiger partial charge in [0.25, 0.3) is 0 Å². The highest BCUT2D eigenvalue weighted by molar-refractivity contribution is 5.55. The fourth-order valence-electron chi connectivity index (χ4n) is 1.84. The molecule has 4 heteroatoms. The van der Waals surface area contributed by atoms with Gasteiger partial charge >= 0.3 is 0 Å². The van der Waals surface area contributed by atoms with E-state index in [1.54, 1.807) is 7.11 Å². The van der Waals surface area contributed by atoms with Crippen LogP contribution in [0.1, 0.15) is 31.4 Å². The average Bonchev–Trinajstić information content (AvgIpc) is 2.75. The molecule has 0 bridgehead atoms. The molecular weight excluding hydrogens is 206 g/mol. The van der Waals surface area contributed by atoms with Crippen LogP contribution in [0.4, 0.5) is 0 Å². The Morgan fingerprint density at radius 2 is 2.25 bits per heavy atom. The number of ether oxygens (including phenoxy) is 3. The molecule has 0 aliphatic carbocycles. The Kier molecular flexibility index (Phi) is 3.19. The van der Waals surface area contributed by atoms with E-state index in [0.29, 0.717) is 11.5 Å². The van der Waals surface area contributed by atoms with Gasteiger partial charge in [-0.15, -0.1) is 0 Å². The van der Waals surface area contributed by atoms with Crippen molar-refractivity contribution in [3.8, 4) is 17.2 Å². The molecule has 0 fully saturated rings. The molecule has 0 aromatic heterocycles. The minimum Gasteiger partial charge on any atom is -0.493 e. The molecule has 1 atom stereocenters. The zero-order valence-electron chi connectivity index (χ0n) is 9.66. The first-order valence-electron chi connectivity index (χ1n) is 5.49. The monoisotopic (exact) mass is 223 g/mol. The molecular formula is C12H17NO3. The van der Waals surface area contributed by atoms with Crippen LogP contribution in [0.5, 0.6) is 17.2 Å². The summed E-state index contributed by atoms with van der Waals surface area (Å²) in [7, 11) is 1.62. The molecule has 2 rings (SSSR count). The first-order valence-corrected chi connectivity index (χ1v) is 5.49. The Morgan fingerprint density at radius 3 is 2.94 bits per heavy atom. The topological polar surface area (TPSA) is 53.7 Å². The van der Waals surface area contributed by atoms with Crippen LogP contribution in [0.15, 0.2) is 12.1 Å². The van der Waals surface area contributed by atoms with Crippen LogP contribution in [0.2, 0.25) is 0 Å². The molecule has 0 saturated carbocycles. The van der Waals surface area contributed by atoms with Gasteiger partial charge in [-0.3, -0.25) is 0 Å². The third-order valence-electron chi connectivity index (χ3n) is 2.71. The van der Waals surface area contributed by atoms with Gasteiger partial charge in [0.15, 0.2) is 11.5 Å². The lowest BCUT2D eigenvalue weighted by molar-refractivity contribution is 0.171. The van der Waals surface area contributed by atoms with Crippen LogP contribution in [-0.4, -0.2) is 13.9 Å². The molecule has 0 spiro atoms. The molecule has 1 aromatic carbocycles. The average molecular weight is 223 g/mol. The SMILES string of the molecule is CCC[C@@H](N)c1cc(OC)c2c(c1)OCO2. The predicted octanol–water partition coefficient (Wildman–Crippen LogP) is 2.22. The highest BCUT2D eigenvalue weighted by atomic mass is 16.7. The van der Waals surface area contributed by atoms with Crippen molar-refractivity contribution < 1.29 is 14.2 Å². The summed E-state index contributed by atoms with van der Waals surface area (Å²) in [5.41, 5.74) is 7.10. The Labute approximate surface area is 95.3 Å². The molecule has 0 saturated heterocycles. The predicted molar refractivity (Wildman–Crippen MR) is 61.0 cm³/mol. The van der Waals surface area contributed by atoms with Gasteiger partial charge in [0.2, 0.25) is 12.5 Å². The van der Waals surface area contributed by atoms with E-state index in [-0.39, 0.29) is 12.8 Å². The molecule has 0 amide bonds. The van der Waals surface area contributed by atoms with Crippen LogP contribution >= 0.6 is 0 Å². The van der Waals surface area contributed by atoms with Gasteiger partial charge in [0.05, 0.1) is 7.11 Å². The maximum Gasteiger partial charge on any atom is 0.231 e. The second-order valence-corrected chi connectivity index (χ2v) is 3.85. The number of hydrogen-bond donors (Lipinski definition) is 1. The first kappa shape index (κ1) is 11.1. The molecule has 1 aliphatic rings. The Balaban J connectivity index is 2.34. The van der Waals surface area contributed by atoms with Crippen molar-refractivity contribution in [2.45, 2.75) is 25.8 Å². The molecule has 4 nitrogen and oxygen atoms in total. The second kappa shape index (κ2) is 4.61. The lowest BCUT2D eigenvalue weighted by Gasteiger charge is -2.13. The standard InChI is InChI=1S/C12H17NO3/c1-3-4-9(13)8-5-10(14-2)12-11(6-8)15-7-16-12/h5-6,9H,3-4,7,13H2,1-2H3/t9-/m1/s1. The van der Waals surface area contributed by atoms with Gasteiger partial charge in [0.1, 0.15) is 0 Å². The van der Waals surface area contributed by atoms with E-state index in [4.69, 9.17) is 19.9 Å². The largest absolute Gasteiger partial charge is 0.493 e. The second-order valence-electron chi connectivity index (χ2n) is 3.85. The molecule has 16 heavy (non-hydrogen) atoms. The number of nitrogens with two attached hydrogens (primary N) is 1. The minimum atomic E-state index is 0.0217. The van der Waals surface area contributed by atoms with Crippen LogP contribution < -0.4 is 19.9 Å². The van der Waals surface area contributed by atoms with E-state index >= 15 is 0 Å². The molecule has 0 radical (unpaired) electrons. The smallest absolute Gasteiger partial charge is 0.231 e. The Morgan fingerprint density at radius 1 is 1.44 bits per heavy atom. The van der Waals surface area contributed by atoms with Gasteiger partial charge in [0, 0.05) is 6.04 Å². The van der Waals surface area contributed by atoms with E-state index in [1.165, 1.54) is 0 Å². The maximum atomic E-state index is 6.07. The third kappa shape index (κ3) is 1.93. The summed E-state index contributed by atoms with van der Waals surface area (Å²) in [6.45, 7) is 2.36. The van der Waals surface area contributed by atoms with Crippen molar-refractivity contribution in [2.24, 2.45) is 5.73 Å². The minimum absolute atomic E-state index is 0.0217. The summed E-state index contributed by atoms with van der Waals surface area (Å²) in [5, 5.41) is 0. The summed E-state index contributed by atoms with van der Waals surface area (Å²) in [4.78, 5) is 0. The number of benzene rings is 1. The van der Waals surface area contributed by atoms with Gasteiger partial charge in [-0.25, -0.2) is 0 Å². The van der Waals surface area contributed by atoms with E-state index in [9.17, 15) is 0 Å². The Hall–Kier alpha value is -1.42. The molecule has 1 aromatic rings. The van der Waals surface area contributed by atoms with Gasteiger partial charge in [-0.2, -0.15) is 0 Å². The number of rotatable bonds is 4. The fraction of sp³-hybridized carbons (Fsp3) is 0.500. The Bertz CT molecular complexity index is 379. The van der Waals surface area contributed by atoms with Crippen LogP contribution in [0, 0.1) is 0 Å². The third-order valence-corrected chi connectivity index (χ3v) is 2.71. The summed E-state index contributed by atoms with van der Waals surface area (Å²) < 4.78 is 15.9. The first-order chi connectivity index (χ1) is 7.76. The molecule has 1 aliphatic heterocycles. The summed E-state index contributed by atoms with van der Waals surface area (Å²) >= 11 is 0.